The van der Waals surface area contributed by atoms with Crippen molar-refractivity contribution in [2.75, 3.05) is 0 Å². The fourth-order valence-electron chi connectivity index (χ4n) is 1.76. The first-order chi connectivity index (χ1) is 5.90. The molecule has 1 aliphatic rings. The quantitative estimate of drug-likeness (QED) is 0.485. The standard InChI is InChI=1S/C10H12N2/c11-7-12-10-5-8-3-1-2-4-9(8)6-10/h1-4,7,10H,5-6H2,(H2,11,12). The average Bonchev–Trinajstić information content (AvgIpc) is 2.47. The van der Waals surface area contributed by atoms with Gasteiger partial charge in [0.15, 0.2) is 0 Å². The molecule has 0 fully saturated rings. The van der Waals surface area contributed by atoms with Gasteiger partial charge in [0, 0.05) is 0 Å². The second-order valence-corrected chi connectivity index (χ2v) is 3.13. The second kappa shape index (κ2) is 2.97. The van der Waals surface area contributed by atoms with Crippen LogP contribution in [0, 0.1) is 0 Å². The van der Waals surface area contributed by atoms with E-state index in [2.05, 4.69) is 29.3 Å². The van der Waals surface area contributed by atoms with Gasteiger partial charge < -0.3 is 5.73 Å². The molecular weight excluding hydrogens is 148 g/mol. The van der Waals surface area contributed by atoms with E-state index in [4.69, 9.17) is 5.73 Å². The van der Waals surface area contributed by atoms with Crippen LogP contribution in [0.3, 0.4) is 0 Å². The van der Waals surface area contributed by atoms with Gasteiger partial charge in [-0.2, -0.15) is 0 Å². The predicted molar refractivity (Wildman–Crippen MR) is 50.3 cm³/mol. The zero-order valence-electron chi connectivity index (χ0n) is 6.90. The fraction of sp³-hybridized carbons (Fsp3) is 0.300. The molecule has 0 aromatic heterocycles. The first kappa shape index (κ1) is 7.35. The Labute approximate surface area is 72.1 Å². The molecule has 0 amide bonds. The molecule has 0 saturated heterocycles. The summed E-state index contributed by atoms with van der Waals surface area (Å²) in [6.07, 6.45) is 3.50. The van der Waals surface area contributed by atoms with Crippen LogP contribution in [0.5, 0.6) is 0 Å². The molecule has 0 atom stereocenters. The van der Waals surface area contributed by atoms with Crippen molar-refractivity contribution < 1.29 is 0 Å². The highest BCUT2D eigenvalue weighted by Gasteiger charge is 2.18. The largest absolute Gasteiger partial charge is 0.390 e. The number of fused-ring (bicyclic) bond motifs is 1. The molecule has 2 nitrogen and oxygen atoms in total. The van der Waals surface area contributed by atoms with Gasteiger partial charge in [-0.25, -0.2) is 0 Å². The van der Waals surface area contributed by atoms with Gasteiger partial charge in [0.1, 0.15) is 0 Å². The fourth-order valence-corrected chi connectivity index (χ4v) is 1.76. The molecule has 0 aliphatic heterocycles. The van der Waals surface area contributed by atoms with Crippen molar-refractivity contribution in [1.82, 2.24) is 0 Å². The molecule has 2 N–H and O–H groups in total. The smallest absolute Gasteiger partial charge is 0.0801 e. The van der Waals surface area contributed by atoms with Crippen LogP contribution in [-0.4, -0.2) is 12.4 Å². The molecule has 62 valence electrons. The highest BCUT2D eigenvalue weighted by atomic mass is 14.8. The van der Waals surface area contributed by atoms with Gasteiger partial charge >= 0.3 is 0 Å². The van der Waals surface area contributed by atoms with Crippen molar-refractivity contribution in [3.8, 4) is 0 Å². The van der Waals surface area contributed by atoms with Crippen molar-refractivity contribution in [3.63, 3.8) is 0 Å². The lowest BCUT2D eigenvalue weighted by molar-refractivity contribution is 0.726. The summed E-state index contributed by atoms with van der Waals surface area (Å²) in [7, 11) is 0. The Bertz CT molecular complexity index is 279. The summed E-state index contributed by atoms with van der Waals surface area (Å²) >= 11 is 0. The highest BCUT2D eigenvalue weighted by molar-refractivity contribution is 5.52. The Morgan fingerprint density at radius 1 is 1.25 bits per heavy atom. The van der Waals surface area contributed by atoms with E-state index >= 15 is 0 Å². The third kappa shape index (κ3) is 1.20. The van der Waals surface area contributed by atoms with E-state index in [0.717, 1.165) is 12.8 Å². The highest BCUT2D eigenvalue weighted by Crippen LogP contribution is 2.23. The van der Waals surface area contributed by atoms with Crippen LogP contribution in [0.25, 0.3) is 0 Å². The number of aliphatic imine (C=N–C) groups is 1. The van der Waals surface area contributed by atoms with Crippen LogP contribution in [0.2, 0.25) is 0 Å². The summed E-state index contributed by atoms with van der Waals surface area (Å²) in [4.78, 5) is 4.19. The molecule has 1 aromatic rings. The van der Waals surface area contributed by atoms with E-state index in [1.165, 1.54) is 17.5 Å². The van der Waals surface area contributed by atoms with Crippen molar-refractivity contribution in [1.29, 1.82) is 0 Å². The third-order valence-corrected chi connectivity index (χ3v) is 2.33. The monoisotopic (exact) mass is 160 g/mol. The molecule has 2 rings (SSSR count). The molecule has 0 heterocycles. The average molecular weight is 160 g/mol. The van der Waals surface area contributed by atoms with Gasteiger partial charge in [0.2, 0.25) is 0 Å². The Morgan fingerprint density at radius 3 is 2.33 bits per heavy atom. The minimum Gasteiger partial charge on any atom is -0.390 e. The normalized spacial score (nSPS) is 17.0. The van der Waals surface area contributed by atoms with E-state index in [1.807, 2.05) is 0 Å². The van der Waals surface area contributed by atoms with Crippen LogP contribution >= 0.6 is 0 Å². The molecule has 1 aliphatic carbocycles. The molecule has 1 aromatic carbocycles. The van der Waals surface area contributed by atoms with Gasteiger partial charge in [-0.05, 0) is 24.0 Å². The first-order valence-electron chi connectivity index (χ1n) is 4.20. The van der Waals surface area contributed by atoms with Gasteiger partial charge in [0.25, 0.3) is 0 Å². The van der Waals surface area contributed by atoms with Crippen LogP contribution in [-0.2, 0) is 12.8 Å². The summed E-state index contributed by atoms with van der Waals surface area (Å²) in [5.74, 6) is 0. The molecule has 0 bridgehead atoms. The number of hydrogen-bond donors (Lipinski definition) is 1. The number of benzene rings is 1. The van der Waals surface area contributed by atoms with Crippen molar-refractivity contribution in [2.24, 2.45) is 10.7 Å². The number of rotatable bonds is 1. The van der Waals surface area contributed by atoms with Gasteiger partial charge in [0.05, 0.1) is 12.4 Å². The minimum atomic E-state index is 0.382. The molecule has 0 radical (unpaired) electrons. The van der Waals surface area contributed by atoms with Crippen molar-refractivity contribution in [3.05, 3.63) is 35.4 Å². The van der Waals surface area contributed by atoms with Gasteiger partial charge in [-0.1, -0.05) is 24.3 Å². The summed E-state index contributed by atoms with van der Waals surface area (Å²) in [5.41, 5.74) is 8.10. The van der Waals surface area contributed by atoms with Crippen LogP contribution in [0.15, 0.2) is 29.3 Å². The molecule has 12 heavy (non-hydrogen) atoms. The van der Waals surface area contributed by atoms with E-state index in [1.54, 1.807) is 0 Å². The molecule has 0 unspecified atom stereocenters. The first-order valence-corrected chi connectivity index (χ1v) is 4.20. The van der Waals surface area contributed by atoms with Crippen LogP contribution in [0.1, 0.15) is 11.1 Å². The molecule has 2 heteroatoms. The summed E-state index contributed by atoms with van der Waals surface area (Å²) in [5, 5.41) is 0. The van der Waals surface area contributed by atoms with E-state index in [0.29, 0.717) is 6.04 Å². The molecule has 0 saturated carbocycles. The molecular formula is C10H12N2. The zero-order chi connectivity index (χ0) is 8.39. The van der Waals surface area contributed by atoms with Crippen molar-refractivity contribution >= 4 is 6.34 Å². The molecule has 0 spiro atoms. The second-order valence-electron chi connectivity index (χ2n) is 3.13. The Morgan fingerprint density at radius 2 is 1.83 bits per heavy atom. The van der Waals surface area contributed by atoms with E-state index in [-0.39, 0.29) is 0 Å². The maximum Gasteiger partial charge on any atom is 0.0801 e. The van der Waals surface area contributed by atoms with E-state index in [9.17, 15) is 0 Å². The van der Waals surface area contributed by atoms with Crippen molar-refractivity contribution in [2.45, 2.75) is 18.9 Å². The SMILES string of the molecule is NC=NC1Cc2ccccc2C1. The Hall–Kier alpha value is -1.31. The maximum atomic E-state index is 5.25. The van der Waals surface area contributed by atoms with Gasteiger partial charge in [-0.3, -0.25) is 4.99 Å². The summed E-state index contributed by atoms with van der Waals surface area (Å²) in [6.45, 7) is 0. The Kier molecular flexibility index (Phi) is 1.82. The lowest BCUT2D eigenvalue weighted by atomic mass is 10.1. The third-order valence-electron chi connectivity index (χ3n) is 2.33. The number of hydrogen-bond acceptors (Lipinski definition) is 1. The van der Waals surface area contributed by atoms with Crippen LogP contribution < -0.4 is 5.73 Å². The maximum absolute atomic E-state index is 5.25. The minimum absolute atomic E-state index is 0.382. The lowest BCUT2D eigenvalue weighted by Gasteiger charge is -1.97. The summed E-state index contributed by atoms with van der Waals surface area (Å²) in [6, 6.07) is 8.87. The predicted octanol–water partition coefficient (Wildman–Crippen LogP) is 1.14. The summed E-state index contributed by atoms with van der Waals surface area (Å²) < 4.78 is 0. The number of nitrogens with two attached hydrogens (primary N) is 1. The van der Waals surface area contributed by atoms with Crippen LogP contribution in [0.4, 0.5) is 0 Å². The van der Waals surface area contributed by atoms with Gasteiger partial charge in [-0.15, -0.1) is 0 Å². The zero-order valence-corrected chi connectivity index (χ0v) is 6.90. The lowest BCUT2D eigenvalue weighted by Crippen LogP contribution is -2.05. The number of nitrogens with zero attached hydrogens (tertiary/aromatic N) is 1. The van der Waals surface area contributed by atoms with E-state index < -0.39 is 0 Å². The Balaban J connectivity index is 2.22. The topological polar surface area (TPSA) is 38.4 Å².